The van der Waals surface area contributed by atoms with Gasteiger partial charge in [-0.25, -0.2) is 0 Å². The van der Waals surface area contributed by atoms with E-state index < -0.39 is 4.92 Å². The van der Waals surface area contributed by atoms with Gasteiger partial charge in [-0.15, -0.1) is 0 Å². The van der Waals surface area contributed by atoms with Gasteiger partial charge in [-0.05, 0) is 18.1 Å². The van der Waals surface area contributed by atoms with Crippen molar-refractivity contribution >= 4 is 11.5 Å². The van der Waals surface area contributed by atoms with Crippen LogP contribution in [0.4, 0.5) is 5.69 Å². The molecule has 0 aliphatic carbocycles. The predicted octanol–water partition coefficient (Wildman–Crippen LogP) is 1.54. The van der Waals surface area contributed by atoms with Crippen molar-refractivity contribution in [1.29, 1.82) is 0 Å². The molecule has 14 heavy (non-hydrogen) atoms. The normalized spacial score (nSPS) is 8.64. The molecule has 4 heteroatoms. The largest absolute Gasteiger partial charge is 0.285 e. The smallest absolute Gasteiger partial charge is 0.269 e. The number of carbonyl (C=O) groups is 1. The van der Waals surface area contributed by atoms with Gasteiger partial charge < -0.3 is 0 Å². The summed E-state index contributed by atoms with van der Waals surface area (Å²) in [5.74, 6) is 4.71. The number of rotatable bonds is 1. The summed E-state index contributed by atoms with van der Waals surface area (Å²) in [6, 6.07) is 5.72. The Balaban J connectivity index is 2.91. The number of hydrogen-bond donors (Lipinski definition) is 0. The molecule has 0 amide bonds. The fourth-order valence-corrected chi connectivity index (χ4v) is 0.827. The van der Waals surface area contributed by atoms with Gasteiger partial charge in [-0.3, -0.25) is 14.9 Å². The van der Waals surface area contributed by atoms with Gasteiger partial charge in [0.1, 0.15) is 0 Å². The van der Waals surface area contributed by atoms with Crippen LogP contribution in [0.1, 0.15) is 12.5 Å². The van der Waals surface area contributed by atoms with Gasteiger partial charge in [0.2, 0.25) is 5.78 Å². The third kappa shape index (κ3) is 2.72. The van der Waals surface area contributed by atoms with Crippen LogP contribution in [0.15, 0.2) is 24.3 Å². The summed E-state index contributed by atoms with van der Waals surface area (Å²) in [6.07, 6.45) is 0. The molecule has 0 heterocycles. The first-order valence-electron chi connectivity index (χ1n) is 3.86. The van der Waals surface area contributed by atoms with Gasteiger partial charge >= 0.3 is 0 Å². The highest BCUT2D eigenvalue weighted by atomic mass is 16.6. The van der Waals surface area contributed by atoms with Crippen LogP contribution in [0.2, 0.25) is 0 Å². The number of nitro groups is 1. The molecule has 0 aliphatic heterocycles. The van der Waals surface area contributed by atoms with Gasteiger partial charge in [0, 0.05) is 24.6 Å². The zero-order valence-electron chi connectivity index (χ0n) is 7.48. The topological polar surface area (TPSA) is 60.2 Å². The van der Waals surface area contributed by atoms with E-state index in [9.17, 15) is 14.9 Å². The second-order valence-corrected chi connectivity index (χ2v) is 2.61. The molecule has 0 unspecified atom stereocenters. The number of ketones is 1. The van der Waals surface area contributed by atoms with E-state index in [2.05, 4.69) is 11.8 Å². The molecule has 0 aliphatic rings. The lowest BCUT2D eigenvalue weighted by molar-refractivity contribution is -0.384. The van der Waals surface area contributed by atoms with E-state index in [0.717, 1.165) is 0 Å². The first-order valence-corrected chi connectivity index (χ1v) is 3.86. The molecule has 0 saturated heterocycles. The van der Waals surface area contributed by atoms with Gasteiger partial charge in [-0.2, -0.15) is 0 Å². The lowest BCUT2D eigenvalue weighted by atomic mass is 10.2. The van der Waals surface area contributed by atoms with E-state index in [1.165, 1.54) is 31.2 Å². The number of hydrogen-bond acceptors (Lipinski definition) is 3. The molecule has 0 radical (unpaired) electrons. The fourth-order valence-electron chi connectivity index (χ4n) is 0.827. The molecule has 0 saturated carbocycles. The molecule has 0 N–H and O–H groups in total. The number of Topliss-reactive ketones (excluding diaryl/α,β-unsaturated/α-hetero) is 1. The molecule has 1 rings (SSSR count). The van der Waals surface area contributed by atoms with Crippen LogP contribution in [-0.4, -0.2) is 10.7 Å². The van der Waals surface area contributed by atoms with Gasteiger partial charge in [0.05, 0.1) is 4.92 Å². The lowest BCUT2D eigenvalue weighted by Gasteiger charge is -1.90. The summed E-state index contributed by atoms with van der Waals surface area (Å²) in [7, 11) is 0. The minimum atomic E-state index is -0.484. The first-order chi connectivity index (χ1) is 6.59. The Morgan fingerprint density at radius 3 is 2.36 bits per heavy atom. The molecule has 4 nitrogen and oxygen atoms in total. The summed E-state index contributed by atoms with van der Waals surface area (Å²) in [5, 5.41) is 10.3. The van der Waals surface area contributed by atoms with Gasteiger partial charge in [0.15, 0.2) is 0 Å². The second kappa shape index (κ2) is 4.19. The number of nitrogens with zero attached hydrogens (tertiary/aromatic N) is 1. The van der Waals surface area contributed by atoms with E-state index in [-0.39, 0.29) is 11.5 Å². The molecule has 0 spiro atoms. The summed E-state index contributed by atoms with van der Waals surface area (Å²) in [5.41, 5.74) is 0.601. The quantitative estimate of drug-likeness (QED) is 0.382. The molecule has 1 aromatic rings. The molecular weight excluding hydrogens is 182 g/mol. The van der Waals surface area contributed by atoms with Gasteiger partial charge in [0.25, 0.3) is 5.69 Å². The fraction of sp³-hybridized carbons (Fsp3) is 0.100. The summed E-state index contributed by atoms with van der Waals surface area (Å²) >= 11 is 0. The molecule has 0 bridgehead atoms. The van der Waals surface area contributed by atoms with Crippen molar-refractivity contribution in [2.45, 2.75) is 6.92 Å². The third-order valence-corrected chi connectivity index (χ3v) is 1.46. The molecule has 70 valence electrons. The number of carbonyl (C=O) groups excluding carboxylic acids is 1. The van der Waals surface area contributed by atoms with Gasteiger partial charge in [-0.1, -0.05) is 5.92 Å². The molecular formula is C10H7NO3. The number of benzene rings is 1. The second-order valence-electron chi connectivity index (χ2n) is 2.61. The van der Waals surface area contributed by atoms with Crippen molar-refractivity contribution in [3.63, 3.8) is 0 Å². The van der Waals surface area contributed by atoms with E-state index in [1.54, 1.807) is 0 Å². The van der Waals surface area contributed by atoms with Crippen molar-refractivity contribution in [1.82, 2.24) is 0 Å². The Labute approximate surface area is 80.7 Å². The highest BCUT2D eigenvalue weighted by Gasteiger charge is 2.01. The van der Waals surface area contributed by atoms with Crippen LogP contribution in [0.3, 0.4) is 0 Å². The van der Waals surface area contributed by atoms with E-state index in [4.69, 9.17) is 0 Å². The van der Waals surface area contributed by atoms with Crippen molar-refractivity contribution in [2.24, 2.45) is 0 Å². The summed E-state index contributed by atoms with van der Waals surface area (Å²) in [6.45, 7) is 1.36. The number of nitro benzene ring substituents is 1. The maximum Gasteiger partial charge on any atom is 0.269 e. The molecule has 0 fully saturated rings. The van der Waals surface area contributed by atoms with E-state index in [0.29, 0.717) is 5.56 Å². The predicted molar refractivity (Wildman–Crippen MR) is 50.7 cm³/mol. The third-order valence-electron chi connectivity index (χ3n) is 1.46. The van der Waals surface area contributed by atoms with Crippen molar-refractivity contribution < 1.29 is 9.72 Å². The zero-order valence-corrected chi connectivity index (χ0v) is 7.48. The maximum atomic E-state index is 10.5. The minimum Gasteiger partial charge on any atom is -0.285 e. The van der Waals surface area contributed by atoms with Crippen molar-refractivity contribution in [3.05, 3.63) is 39.9 Å². The SMILES string of the molecule is CC(=O)C#Cc1ccc([N+](=O)[O-])cc1. The summed E-state index contributed by atoms with van der Waals surface area (Å²) in [4.78, 5) is 20.3. The maximum absolute atomic E-state index is 10.5. The molecule has 0 aromatic heterocycles. The van der Waals surface area contributed by atoms with Crippen LogP contribution in [0.25, 0.3) is 0 Å². The summed E-state index contributed by atoms with van der Waals surface area (Å²) < 4.78 is 0. The van der Waals surface area contributed by atoms with Crippen LogP contribution < -0.4 is 0 Å². The number of non-ortho nitro benzene ring substituents is 1. The van der Waals surface area contributed by atoms with E-state index >= 15 is 0 Å². The monoisotopic (exact) mass is 189 g/mol. The van der Waals surface area contributed by atoms with Crippen molar-refractivity contribution in [3.8, 4) is 11.8 Å². The highest BCUT2D eigenvalue weighted by molar-refractivity contribution is 5.93. The highest BCUT2D eigenvalue weighted by Crippen LogP contribution is 2.10. The van der Waals surface area contributed by atoms with E-state index in [1.807, 2.05) is 0 Å². The Kier molecular flexibility index (Phi) is 2.97. The van der Waals surface area contributed by atoms with Crippen molar-refractivity contribution in [2.75, 3.05) is 0 Å². The molecule has 0 atom stereocenters. The van der Waals surface area contributed by atoms with Crippen LogP contribution >= 0.6 is 0 Å². The van der Waals surface area contributed by atoms with Crippen LogP contribution in [0, 0.1) is 22.0 Å². The Bertz CT molecular complexity index is 423. The average molecular weight is 189 g/mol. The van der Waals surface area contributed by atoms with Crippen LogP contribution in [0.5, 0.6) is 0 Å². The molecule has 1 aromatic carbocycles. The Hall–Kier alpha value is -2.15. The Morgan fingerprint density at radius 2 is 1.93 bits per heavy atom. The lowest BCUT2D eigenvalue weighted by Crippen LogP contribution is -1.87. The minimum absolute atomic E-state index is 0.0124. The Morgan fingerprint density at radius 1 is 1.36 bits per heavy atom. The first kappa shape index (κ1) is 9.93. The zero-order chi connectivity index (χ0) is 10.6. The standard InChI is InChI=1S/C10H7NO3/c1-8(12)2-3-9-4-6-10(7-5-9)11(13)14/h4-7H,1H3. The average Bonchev–Trinajstić information content (AvgIpc) is 2.15. The van der Waals surface area contributed by atoms with Crippen LogP contribution in [-0.2, 0) is 4.79 Å².